The van der Waals surface area contributed by atoms with E-state index in [9.17, 15) is 35.5 Å². The van der Waals surface area contributed by atoms with Gasteiger partial charge in [0.05, 0.1) is 23.3 Å². The van der Waals surface area contributed by atoms with E-state index in [2.05, 4.69) is 9.99 Å². The standard InChI is InChI=1S/C19H11ClF7NO3/c1-8-4-9(2-3-11(8)16(29)30)14-7-17(31-28-14,19(25,26)27)12-5-10(20)6-13(15(12)21)18(22,23)24/h2-6H,7H2,1H3,(H,29,30)/t17-/m0/s1. The number of benzene rings is 2. The van der Waals surface area contributed by atoms with Gasteiger partial charge in [-0.2, -0.15) is 26.3 Å². The minimum Gasteiger partial charge on any atom is -0.478 e. The van der Waals surface area contributed by atoms with Crippen LogP contribution in [0.3, 0.4) is 0 Å². The number of nitrogens with zero attached hydrogens (tertiary/aromatic N) is 1. The number of aromatic carboxylic acids is 1. The Morgan fingerprint density at radius 2 is 1.81 bits per heavy atom. The third kappa shape index (κ3) is 3.93. The first-order valence-corrected chi connectivity index (χ1v) is 8.78. The summed E-state index contributed by atoms with van der Waals surface area (Å²) in [4.78, 5) is 15.7. The molecule has 1 aliphatic heterocycles. The van der Waals surface area contributed by atoms with Gasteiger partial charge in [-0.05, 0) is 42.3 Å². The first kappa shape index (κ1) is 22.9. The van der Waals surface area contributed by atoms with E-state index in [4.69, 9.17) is 16.7 Å². The Morgan fingerprint density at radius 1 is 1.16 bits per heavy atom. The zero-order chi connectivity index (χ0) is 23.4. The van der Waals surface area contributed by atoms with E-state index in [-0.39, 0.29) is 28.5 Å². The first-order valence-electron chi connectivity index (χ1n) is 8.40. The summed E-state index contributed by atoms with van der Waals surface area (Å²) in [5.41, 5.74) is -7.23. The number of carboxylic acid groups (broad SMARTS) is 1. The van der Waals surface area contributed by atoms with Crippen LogP contribution in [0.2, 0.25) is 5.02 Å². The van der Waals surface area contributed by atoms with Gasteiger partial charge >= 0.3 is 18.3 Å². The summed E-state index contributed by atoms with van der Waals surface area (Å²) in [5.74, 6) is -3.44. The molecule has 0 saturated carbocycles. The Kier molecular flexibility index (Phi) is 5.45. The number of aryl methyl sites for hydroxylation is 1. The van der Waals surface area contributed by atoms with Crippen LogP contribution in [0.25, 0.3) is 0 Å². The molecule has 166 valence electrons. The molecule has 0 unspecified atom stereocenters. The third-order valence-corrected chi connectivity index (χ3v) is 4.97. The molecular formula is C19H11ClF7NO3. The summed E-state index contributed by atoms with van der Waals surface area (Å²) in [6.07, 6.45) is -11.8. The average molecular weight is 470 g/mol. The second-order valence-corrected chi connectivity index (χ2v) is 7.21. The minimum atomic E-state index is -5.37. The van der Waals surface area contributed by atoms with Crippen molar-refractivity contribution in [2.45, 2.75) is 31.3 Å². The molecule has 1 aliphatic rings. The summed E-state index contributed by atoms with van der Waals surface area (Å²) in [5, 5.41) is 11.6. The molecule has 0 spiro atoms. The van der Waals surface area contributed by atoms with E-state index in [1.165, 1.54) is 19.1 Å². The Labute approximate surface area is 174 Å². The van der Waals surface area contributed by atoms with Crippen LogP contribution in [0.5, 0.6) is 0 Å². The molecule has 4 nitrogen and oxygen atoms in total. The van der Waals surface area contributed by atoms with E-state index < -0.39 is 52.3 Å². The normalized spacial score (nSPS) is 19.2. The Hall–Kier alpha value is -2.82. The molecule has 0 saturated heterocycles. The predicted octanol–water partition coefficient (Wildman–Crippen LogP) is 6.09. The van der Waals surface area contributed by atoms with Crippen molar-refractivity contribution in [1.29, 1.82) is 0 Å². The van der Waals surface area contributed by atoms with Crippen molar-refractivity contribution < 1.29 is 45.5 Å². The van der Waals surface area contributed by atoms with Crippen LogP contribution in [0, 0.1) is 12.7 Å². The van der Waals surface area contributed by atoms with Gasteiger partial charge in [0.1, 0.15) is 5.82 Å². The van der Waals surface area contributed by atoms with E-state index in [0.29, 0.717) is 6.07 Å². The quantitative estimate of drug-likeness (QED) is 0.554. The highest BCUT2D eigenvalue weighted by atomic mass is 35.5. The fourth-order valence-corrected chi connectivity index (χ4v) is 3.43. The number of alkyl halides is 6. The molecule has 1 heterocycles. The first-order chi connectivity index (χ1) is 14.2. The highest BCUT2D eigenvalue weighted by Crippen LogP contribution is 2.51. The molecule has 0 radical (unpaired) electrons. The zero-order valence-corrected chi connectivity index (χ0v) is 16.1. The van der Waals surface area contributed by atoms with Gasteiger partial charge in [0.15, 0.2) is 0 Å². The van der Waals surface area contributed by atoms with Crippen molar-refractivity contribution in [3.8, 4) is 0 Å². The van der Waals surface area contributed by atoms with Crippen LogP contribution in [0.4, 0.5) is 30.7 Å². The Morgan fingerprint density at radius 3 is 2.32 bits per heavy atom. The van der Waals surface area contributed by atoms with Crippen LogP contribution < -0.4 is 0 Å². The molecule has 0 aliphatic carbocycles. The molecule has 2 aromatic rings. The lowest BCUT2D eigenvalue weighted by Crippen LogP contribution is -2.43. The molecule has 0 bridgehead atoms. The molecule has 0 aromatic heterocycles. The molecule has 2 aromatic carbocycles. The number of hydrogen-bond donors (Lipinski definition) is 1. The van der Waals surface area contributed by atoms with Gasteiger partial charge in [-0.25, -0.2) is 9.18 Å². The topological polar surface area (TPSA) is 58.9 Å². The largest absolute Gasteiger partial charge is 0.478 e. The second kappa shape index (κ2) is 7.40. The van der Waals surface area contributed by atoms with Crippen LogP contribution >= 0.6 is 11.6 Å². The lowest BCUT2D eigenvalue weighted by atomic mass is 9.85. The zero-order valence-electron chi connectivity index (χ0n) is 15.3. The van der Waals surface area contributed by atoms with E-state index >= 15 is 0 Å². The Balaban J connectivity index is 2.12. The summed E-state index contributed by atoms with van der Waals surface area (Å²) in [7, 11) is 0. The van der Waals surface area contributed by atoms with Gasteiger partial charge in [-0.1, -0.05) is 22.8 Å². The number of carboxylic acids is 1. The number of rotatable bonds is 3. The third-order valence-electron chi connectivity index (χ3n) is 4.75. The van der Waals surface area contributed by atoms with Gasteiger partial charge in [0, 0.05) is 10.6 Å². The SMILES string of the molecule is Cc1cc(C2=NO[C@@](c3cc(Cl)cc(C(F)(F)F)c3F)(C(F)(F)F)C2)ccc1C(=O)O. The highest BCUT2D eigenvalue weighted by molar-refractivity contribution is 6.30. The van der Waals surface area contributed by atoms with Gasteiger partial charge in [0.25, 0.3) is 5.60 Å². The lowest BCUT2D eigenvalue weighted by molar-refractivity contribution is -0.277. The summed E-state index contributed by atoms with van der Waals surface area (Å²) >= 11 is 5.56. The van der Waals surface area contributed by atoms with Crippen molar-refractivity contribution in [2.24, 2.45) is 5.16 Å². The smallest absolute Gasteiger partial charge is 0.435 e. The molecule has 12 heteroatoms. The van der Waals surface area contributed by atoms with Crippen LogP contribution in [0.15, 0.2) is 35.5 Å². The molecule has 1 N–H and O–H groups in total. The molecular weight excluding hydrogens is 459 g/mol. The van der Waals surface area contributed by atoms with Crippen molar-refractivity contribution in [3.05, 3.63) is 69.0 Å². The second-order valence-electron chi connectivity index (χ2n) is 6.78. The number of carbonyl (C=O) groups is 1. The summed E-state index contributed by atoms with van der Waals surface area (Å²) in [6.45, 7) is 1.40. The maximum absolute atomic E-state index is 14.6. The molecule has 0 fully saturated rings. The van der Waals surface area contributed by atoms with Crippen molar-refractivity contribution in [2.75, 3.05) is 0 Å². The average Bonchev–Trinajstić information content (AvgIpc) is 3.08. The van der Waals surface area contributed by atoms with E-state index in [1.807, 2.05) is 0 Å². The maximum Gasteiger partial charge on any atom is 0.435 e. The van der Waals surface area contributed by atoms with E-state index in [0.717, 1.165) is 6.07 Å². The molecule has 0 amide bonds. The number of hydrogen-bond acceptors (Lipinski definition) is 3. The fraction of sp³-hybridized carbons (Fsp3) is 0.263. The van der Waals surface area contributed by atoms with Crippen molar-refractivity contribution >= 4 is 23.3 Å². The maximum atomic E-state index is 14.6. The van der Waals surface area contributed by atoms with Gasteiger partial charge in [-0.3, -0.25) is 0 Å². The number of oxime groups is 1. The summed E-state index contributed by atoms with van der Waals surface area (Å²) in [6, 6.07) is 4.12. The predicted molar refractivity (Wildman–Crippen MR) is 94.5 cm³/mol. The van der Waals surface area contributed by atoms with Crippen molar-refractivity contribution in [1.82, 2.24) is 0 Å². The van der Waals surface area contributed by atoms with Crippen LogP contribution in [-0.4, -0.2) is 23.0 Å². The minimum absolute atomic E-state index is 0.0344. The fourth-order valence-electron chi connectivity index (χ4n) is 3.21. The Bertz CT molecular complexity index is 1100. The van der Waals surface area contributed by atoms with Crippen LogP contribution in [-0.2, 0) is 16.6 Å². The summed E-state index contributed by atoms with van der Waals surface area (Å²) < 4.78 is 96.0. The van der Waals surface area contributed by atoms with E-state index in [1.54, 1.807) is 0 Å². The van der Waals surface area contributed by atoms with Gasteiger partial charge in [0.2, 0.25) is 0 Å². The van der Waals surface area contributed by atoms with Gasteiger partial charge < -0.3 is 9.94 Å². The van der Waals surface area contributed by atoms with Crippen molar-refractivity contribution in [3.63, 3.8) is 0 Å². The lowest BCUT2D eigenvalue weighted by Gasteiger charge is -2.30. The van der Waals surface area contributed by atoms with Crippen LogP contribution in [0.1, 0.15) is 39.0 Å². The molecule has 1 atom stereocenters. The monoisotopic (exact) mass is 469 g/mol. The molecule has 31 heavy (non-hydrogen) atoms. The van der Waals surface area contributed by atoms with Gasteiger partial charge in [-0.15, -0.1) is 0 Å². The number of halogens is 8. The molecule has 3 rings (SSSR count). The highest BCUT2D eigenvalue weighted by Gasteiger charge is 2.64.